The first-order valence-corrected chi connectivity index (χ1v) is 31.8. The summed E-state index contributed by atoms with van der Waals surface area (Å²) in [6.45, 7) is 4.88. The number of carbonyl (C=O) groups excluding carboxylic acids is 2. The summed E-state index contributed by atoms with van der Waals surface area (Å²) in [5.41, 5.74) is 0. The van der Waals surface area contributed by atoms with Gasteiger partial charge in [-0.2, -0.15) is 0 Å². The van der Waals surface area contributed by atoms with Gasteiger partial charge in [0.2, 0.25) is 5.91 Å². The van der Waals surface area contributed by atoms with Gasteiger partial charge in [-0.15, -0.1) is 0 Å². The fourth-order valence-electron chi connectivity index (χ4n) is 9.78. The summed E-state index contributed by atoms with van der Waals surface area (Å²) >= 11 is 0. The number of ether oxygens (including phenoxy) is 1. The molecule has 71 heavy (non-hydrogen) atoms. The zero-order chi connectivity index (χ0) is 51.4. The monoisotopic (exact) mass is 998 g/mol. The predicted octanol–water partition coefficient (Wildman–Crippen LogP) is 20.0. The van der Waals surface area contributed by atoms with Gasteiger partial charge in [-0.3, -0.25) is 9.59 Å². The molecule has 0 spiro atoms. The van der Waals surface area contributed by atoms with Crippen molar-refractivity contribution < 1.29 is 24.5 Å². The van der Waals surface area contributed by atoms with Crippen LogP contribution in [0.5, 0.6) is 0 Å². The van der Waals surface area contributed by atoms with Crippen LogP contribution in [-0.2, 0) is 14.3 Å². The average Bonchev–Trinajstić information content (AvgIpc) is 3.37. The van der Waals surface area contributed by atoms with E-state index in [9.17, 15) is 19.8 Å². The molecule has 0 aliphatic heterocycles. The van der Waals surface area contributed by atoms with Gasteiger partial charge < -0.3 is 20.3 Å². The van der Waals surface area contributed by atoms with Gasteiger partial charge in [0.25, 0.3) is 0 Å². The molecule has 0 aliphatic carbocycles. The van der Waals surface area contributed by atoms with Gasteiger partial charge >= 0.3 is 5.97 Å². The molecule has 0 bridgehead atoms. The zero-order valence-electron chi connectivity index (χ0n) is 47.7. The highest BCUT2D eigenvalue weighted by Gasteiger charge is 2.18. The number of hydrogen-bond donors (Lipinski definition) is 3. The number of rotatable bonds is 59. The molecular formula is C65H123NO5. The van der Waals surface area contributed by atoms with E-state index in [0.29, 0.717) is 19.4 Å². The number of nitrogens with one attached hydrogen (secondary N) is 1. The second-order valence-corrected chi connectivity index (χ2v) is 21.7. The Balaban J connectivity index is 3.47. The molecule has 0 aliphatic rings. The molecule has 2 unspecified atom stereocenters. The number of allylic oxidation sites excluding steroid dienone is 5. The SMILES string of the molecule is CCCCCC/C=C\C/C=C\CCCCCCCCCC(=O)OCCCCCCCCCCCCCCCC(=O)NC(CO)C(O)/C=C/CCCCCCCCCCCCCCCCCCCCCCC. The Morgan fingerprint density at radius 3 is 1.08 bits per heavy atom. The van der Waals surface area contributed by atoms with Crippen molar-refractivity contribution in [2.45, 2.75) is 353 Å². The largest absolute Gasteiger partial charge is 0.466 e. The summed E-state index contributed by atoms with van der Waals surface area (Å²) < 4.78 is 5.48. The van der Waals surface area contributed by atoms with E-state index in [4.69, 9.17) is 4.74 Å². The molecule has 6 heteroatoms. The van der Waals surface area contributed by atoms with Crippen LogP contribution in [-0.4, -0.2) is 47.4 Å². The normalized spacial score (nSPS) is 12.8. The lowest BCUT2D eigenvalue weighted by atomic mass is 10.0. The fraction of sp³-hybridized carbons (Fsp3) is 0.877. The van der Waals surface area contributed by atoms with Crippen molar-refractivity contribution in [2.75, 3.05) is 13.2 Å². The van der Waals surface area contributed by atoms with Crippen LogP contribution in [0.15, 0.2) is 36.5 Å². The number of unbranched alkanes of at least 4 members (excludes halogenated alkanes) is 44. The van der Waals surface area contributed by atoms with Crippen molar-refractivity contribution in [3.05, 3.63) is 36.5 Å². The molecule has 0 saturated carbocycles. The van der Waals surface area contributed by atoms with Crippen LogP contribution in [0.4, 0.5) is 0 Å². The Morgan fingerprint density at radius 1 is 0.394 bits per heavy atom. The number of aliphatic hydroxyl groups excluding tert-OH is 2. The highest BCUT2D eigenvalue weighted by Crippen LogP contribution is 2.17. The third-order valence-electron chi connectivity index (χ3n) is 14.7. The summed E-state index contributed by atoms with van der Waals surface area (Å²) in [5, 5.41) is 23.2. The highest BCUT2D eigenvalue weighted by molar-refractivity contribution is 5.76. The molecule has 6 nitrogen and oxygen atoms in total. The summed E-state index contributed by atoms with van der Waals surface area (Å²) in [6.07, 6.45) is 76.1. The first kappa shape index (κ1) is 69.1. The van der Waals surface area contributed by atoms with Crippen LogP contribution in [0.2, 0.25) is 0 Å². The van der Waals surface area contributed by atoms with Gasteiger partial charge in [0.15, 0.2) is 0 Å². The number of aliphatic hydroxyl groups is 2. The summed E-state index contributed by atoms with van der Waals surface area (Å²) in [5.74, 6) is -0.0918. The highest BCUT2D eigenvalue weighted by atomic mass is 16.5. The molecule has 0 saturated heterocycles. The van der Waals surface area contributed by atoms with Crippen molar-refractivity contribution in [3.8, 4) is 0 Å². The van der Waals surface area contributed by atoms with Crippen LogP contribution in [0.3, 0.4) is 0 Å². The molecule has 0 aromatic heterocycles. The van der Waals surface area contributed by atoms with Crippen LogP contribution >= 0.6 is 0 Å². The Hall–Kier alpha value is -1.92. The molecule has 0 aromatic carbocycles. The molecular weight excluding hydrogens is 875 g/mol. The smallest absolute Gasteiger partial charge is 0.305 e. The topological polar surface area (TPSA) is 95.9 Å². The van der Waals surface area contributed by atoms with Crippen LogP contribution < -0.4 is 5.32 Å². The molecule has 1 amide bonds. The third-order valence-corrected chi connectivity index (χ3v) is 14.7. The quantitative estimate of drug-likeness (QED) is 0.0321. The zero-order valence-corrected chi connectivity index (χ0v) is 47.7. The molecule has 2 atom stereocenters. The van der Waals surface area contributed by atoms with Crippen molar-refractivity contribution in [1.29, 1.82) is 0 Å². The lowest BCUT2D eigenvalue weighted by Gasteiger charge is -2.20. The molecule has 0 fully saturated rings. The number of hydrogen-bond acceptors (Lipinski definition) is 5. The maximum absolute atomic E-state index is 12.5. The maximum atomic E-state index is 12.5. The Labute approximate surface area is 443 Å². The second-order valence-electron chi connectivity index (χ2n) is 21.7. The van der Waals surface area contributed by atoms with Gasteiger partial charge in [0.05, 0.1) is 25.4 Å². The van der Waals surface area contributed by atoms with Crippen LogP contribution in [0.25, 0.3) is 0 Å². The first-order valence-electron chi connectivity index (χ1n) is 31.8. The lowest BCUT2D eigenvalue weighted by Crippen LogP contribution is -2.45. The summed E-state index contributed by atoms with van der Waals surface area (Å²) in [7, 11) is 0. The number of carbonyl (C=O) groups is 2. The van der Waals surface area contributed by atoms with E-state index in [1.165, 1.54) is 250 Å². The van der Waals surface area contributed by atoms with Crippen LogP contribution in [0.1, 0.15) is 341 Å². The van der Waals surface area contributed by atoms with E-state index in [-0.39, 0.29) is 18.5 Å². The van der Waals surface area contributed by atoms with E-state index in [1.807, 2.05) is 6.08 Å². The minimum atomic E-state index is -0.855. The van der Waals surface area contributed by atoms with E-state index in [2.05, 4.69) is 43.5 Å². The minimum Gasteiger partial charge on any atom is -0.466 e. The van der Waals surface area contributed by atoms with Gasteiger partial charge in [0.1, 0.15) is 0 Å². The Bertz CT molecular complexity index is 1150. The standard InChI is InChI=1S/C65H123NO5/c1-3-5-7-9-11-13-15-17-19-21-23-24-25-26-27-28-30-33-37-41-45-49-53-57-63(68)62(61-67)66-64(69)58-54-50-46-42-38-34-32-36-40-44-48-52-56-60-71-65(70)59-55-51-47-43-39-35-31-29-22-20-18-16-14-12-10-8-6-4-2/h14,16,20,22,53,57,62-63,67-68H,3-13,15,17-19,21,23-52,54-56,58-61H2,1-2H3,(H,66,69)/b16-14-,22-20-,57-53+. The third kappa shape index (κ3) is 57.2. The molecule has 0 aromatic rings. The van der Waals surface area contributed by atoms with Gasteiger partial charge in [0, 0.05) is 12.8 Å². The summed E-state index contributed by atoms with van der Waals surface area (Å²) in [4.78, 5) is 24.6. The number of amides is 1. The second kappa shape index (κ2) is 60.6. The Morgan fingerprint density at radius 2 is 0.704 bits per heavy atom. The van der Waals surface area contributed by atoms with Gasteiger partial charge in [-0.25, -0.2) is 0 Å². The minimum absolute atomic E-state index is 0.0135. The van der Waals surface area contributed by atoms with E-state index >= 15 is 0 Å². The average molecular weight is 999 g/mol. The van der Waals surface area contributed by atoms with Crippen LogP contribution in [0, 0.1) is 0 Å². The molecule has 0 heterocycles. The van der Waals surface area contributed by atoms with E-state index in [0.717, 1.165) is 64.2 Å². The van der Waals surface area contributed by atoms with Crippen molar-refractivity contribution in [2.24, 2.45) is 0 Å². The molecule has 0 radical (unpaired) electrons. The van der Waals surface area contributed by atoms with Crippen molar-refractivity contribution >= 4 is 11.9 Å². The fourth-order valence-corrected chi connectivity index (χ4v) is 9.78. The van der Waals surface area contributed by atoms with Gasteiger partial charge in [-0.05, 0) is 64.2 Å². The molecule has 0 rings (SSSR count). The lowest BCUT2D eigenvalue weighted by molar-refractivity contribution is -0.143. The molecule has 3 N–H and O–H groups in total. The Kier molecular flexibility index (Phi) is 59.0. The van der Waals surface area contributed by atoms with E-state index < -0.39 is 12.1 Å². The predicted molar refractivity (Wildman–Crippen MR) is 310 cm³/mol. The molecule has 418 valence electrons. The first-order chi connectivity index (χ1) is 35.0. The van der Waals surface area contributed by atoms with Crippen molar-refractivity contribution in [3.63, 3.8) is 0 Å². The summed E-state index contributed by atoms with van der Waals surface area (Å²) in [6, 6.07) is -0.640. The van der Waals surface area contributed by atoms with Gasteiger partial charge in [-0.1, -0.05) is 301 Å². The van der Waals surface area contributed by atoms with E-state index in [1.54, 1.807) is 6.08 Å². The number of esters is 1. The van der Waals surface area contributed by atoms with Crippen molar-refractivity contribution in [1.82, 2.24) is 5.32 Å². The maximum Gasteiger partial charge on any atom is 0.305 e.